The molecule has 1 aliphatic carbocycles. The van der Waals surface area contributed by atoms with Crippen LogP contribution in [0.4, 0.5) is 0 Å². The lowest BCUT2D eigenvalue weighted by molar-refractivity contribution is -0.0536. The highest BCUT2D eigenvalue weighted by molar-refractivity contribution is 5.32. The molecule has 1 heterocycles. The molecular formula is C17H22N2O2. The molecule has 4 nitrogen and oxygen atoms in total. The monoisotopic (exact) mass is 286 g/mol. The Morgan fingerprint density at radius 2 is 2.29 bits per heavy atom. The van der Waals surface area contributed by atoms with Crippen LogP contribution in [0, 0.1) is 17.2 Å². The predicted octanol–water partition coefficient (Wildman–Crippen LogP) is 1.92. The molecule has 0 spiro atoms. The van der Waals surface area contributed by atoms with Crippen molar-refractivity contribution in [2.24, 2.45) is 5.92 Å². The van der Waals surface area contributed by atoms with Crippen molar-refractivity contribution >= 4 is 0 Å². The molecular weight excluding hydrogens is 264 g/mol. The van der Waals surface area contributed by atoms with E-state index in [0.29, 0.717) is 24.1 Å². The SMILES string of the molecule is N#Cc1cccc(CN2CCOC[C@@H]2[C@@H]2CCC[C@@H]2O)c1. The van der Waals surface area contributed by atoms with Crippen LogP contribution in [0.1, 0.15) is 30.4 Å². The van der Waals surface area contributed by atoms with E-state index >= 15 is 0 Å². The van der Waals surface area contributed by atoms with Crippen LogP contribution in [-0.4, -0.2) is 41.9 Å². The number of aliphatic hydroxyl groups excluding tert-OH is 1. The van der Waals surface area contributed by atoms with Crippen molar-refractivity contribution in [2.75, 3.05) is 19.8 Å². The van der Waals surface area contributed by atoms with Crippen LogP contribution >= 0.6 is 0 Å². The van der Waals surface area contributed by atoms with Crippen molar-refractivity contribution < 1.29 is 9.84 Å². The molecule has 112 valence electrons. The molecule has 2 aliphatic rings. The van der Waals surface area contributed by atoms with Gasteiger partial charge in [-0.05, 0) is 30.5 Å². The number of aliphatic hydroxyl groups is 1. The van der Waals surface area contributed by atoms with E-state index in [9.17, 15) is 5.11 Å². The topological polar surface area (TPSA) is 56.5 Å². The fourth-order valence-electron chi connectivity index (χ4n) is 3.64. The molecule has 1 aromatic carbocycles. The first-order valence-corrected chi connectivity index (χ1v) is 7.77. The number of nitrogens with zero attached hydrogens (tertiary/aromatic N) is 2. The van der Waals surface area contributed by atoms with Crippen LogP contribution < -0.4 is 0 Å². The highest BCUT2D eigenvalue weighted by Gasteiger charge is 2.37. The van der Waals surface area contributed by atoms with Gasteiger partial charge in [-0.1, -0.05) is 18.6 Å². The quantitative estimate of drug-likeness (QED) is 0.922. The summed E-state index contributed by atoms with van der Waals surface area (Å²) < 4.78 is 5.65. The average molecular weight is 286 g/mol. The second-order valence-corrected chi connectivity index (χ2v) is 6.09. The Balaban J connectivity index is 1.73. The summed E-state index contributed by atoms with van der Waals surface area (Å²) in [6.07, 6.45) is 2.92. The highest BCUT2D eigenvalue weighted by atomic mass is 16.5. The normalized spacial score (nSPS) is 30.2. The summed E-state index contributed by atoms with van der Waals surface area (Å²) in [6.45, 7) is 3.17. The number of rotatable bonds is 3. The maximum absolute atomic E-state index is 10.2. The van der Waals surface area contributed by atoms with E-state index in [0.717, 1.165) is 44.5 Å². The summed E-state index contributed by atoms with van der Waals surface area (Å²) in [4.78, 5) is 2.42. The van der Waals surface area contributed by atoms with E-state index in [1.807, 2.05) is 18.2 Å². The average Bonchev–Trinajstić information content (AvgIpc) is 2.94. The van der Waals surface area contributed by atoms with Crippen LogP contribution in [0.5, 0.6) is 0 Å². The third-order valence-corrected chi connectivity index (χ3v) is 4.75. The highest BCUT2D eigenvalue weighted by Crippen LogP contribution is 2.32. The van der Waals surface area contributed by atoms with E-state index < -0.39 is 0 Å². The van der Waals surface area contributed by atoms with Gasteiger partial charge in [0.05, 0.1) is 31.0 Å². The molecule has 0 unspecified atom stereocenters. The first-order chi connectivity index (χ1) is 10.3. The summed E-state index contributed by atoms with van der Waals surface area (Å²) in [7, 11) is 0. The molecule has 3 rings (SSSR count). The molecule has 21 heavy (non-hydrogen) atoms. The Bertz CT molecular complexity index is 526. The van der Waals surface area contributed by atoms with Crippen LogP contribution in [0.15, 0.2) is 24.3 Å². The van der Waals surface area contributed by atoms with Crippen LogP contribution in [0.25, 0.3) is 0 Å². The fourth-order valence-corrected chi connectivity index (χ4v) is 3.64. The molecule has 1 aliphatic heterocycles. The van der Waals surface area contributed by atoms with Crippen molar-refractivity contribution in [3.63, 3.8) is 0 Å². The van der Waals surface area contributed by atoms with Crippen molar-refractivity contribution in [1.29, 1.82) is 5.26 Å². The minimum atomic E-state index is -0.190. The molecule has 1 aromatic rings. The van der Waals surface area contributed by atoms with Gasteiger partial charge in [0.2, 0.25) is 0 Å². The van der Waals surface area contributed by atoms with Crippen LogP contribution in [0.3, 0.4) is 0 Å². The minimum Gasteiger partial charge on any atom is -0.393 e. The third-order valence-electron chi connectivity index (χ3n) is 4.75. The van der Waals surface area contributed by atoms with Crippen molar-refractivity contribution in [3.05, 3.63) is 35.4 Å². The maximum Gasteiger partial charge on any atom is 0.0991 e. The number of hydrogen-bond donors (Lipinski definition) is 1. The lowest BCUT2D eigenvalue weighted by Crippen LogP contribution is -2.50. The van der Waals surface area contributed by atoms with Gasteiger partial charge in [0, 0.05) is 25.0 Å². The Morgan fingerprint density at radius 1 is 1.38 bits per heavy atom. The van der Waals surface area contributed by atoms with Gasteiger partial charge in [-0.15, -0.1) is 0 Å². The van der Waals surface area contributed by atoms with Gasteiger partial charge in [-0.3, -0.25) is 4.90 Å². The largest absolute Gasteiger partial charge is 0.393 e. The van der Waals surface area contributed by atoms with Crippen molar-refractivity contribution in [3.8, 4) is 6.07 Å². The van der Waals surface area contributed by atoms with E-state index in [4.69, 9.17) is 10.00 Å². The fraction of sp³-hybridized carbons (Fsp3) is 0.588. The second kappa shape index (κ2) is 6.57. The first-order valence-electron chi connectivity index (χ1n) is 7.77. The van der Waals surface area contributed by atoms with Gasteiger partial charge in [0.25, 0.3) is 0 Å². The summed E-state index contributed by atoms with van der Waals surface area (Å²) in [5.41, 5.74) is 1.87. The molecule has 0 radical (unpaired) electrons. The lowest BCUT2D eigenvalue weighted by atomic mass is 9.94. The van der Waals surface area contributed by atoms with Gasteiger partial charge >= 0.3 is 0 Å². The van der Waals surface area contributed by atoms with E-state index in [2.05, 4.69) is 17.0 Å². The summed E-state index contributed by atoms with van der Waals surface area (Å²) >= 11 is 0. The number of hydrogen-bond acceptors (Lipinski definition) is 4. The Hall–Kier alpha value is -1.41. The third kappa shape index (κ3) is 3.26. The molecule has 0 amide bonds. The van der Waals surface area contributed by atoms with Gasteiger partial charge in [-0.2, -0.15) is 5.26 Å². The van der Waals surface area contributed by atoms with Crippen molar-refractivity contribution in [2.45, 2.75) is 38.0 Å². The Kier molecular flexibility index (Phi) is 4.54. The zero-order valence-electron chi connectivity index (χ0n) is 12.2. The molecule has 4 heteroatoms. The van der Waals surface area contributed by atoms with Gasteiger partial charge in [0.15, 0.2) is 0 Å². The molecule has 3 atom stereocenters. The molecule has 1 N–H and O–H groups in total. The number of benzene rings is 1. The predicted molar refractivity (Wildman–Crippen MR) is 79.5 cm³/mol. The summed E-state index contributed by atoms with van der Waals surface area (Å²) in [5, 5.41) is 19.2. The zero-order valence-corrected chi connectivity index (χ0v) is 12.2. The number of ether oxygens (including phenoxy) is 1. The molecule has 1 saturated carbocycles. The van der Waals surface area contributed by atoms with E-state index in [1.54, 1.807) is 0 Å². The summed E-state index contributed by atoms with van der Waals surface area (Å²) in [6, 6.07) is 10.3. The van der Waals surface area contributed by atoms with Crippen LogP contribution in [-0.2, 0) is 11.3 Å². The Labute approximate surface area is 125 Å². The summed E-state index contributed by atoms with van der Waals surface area (Å²) in [5.74, 6) is 0.324. The Morgan fingerprint density at radius 3 is 3.05 bits per heavy atom. The standard InChI is InChI=1S/C17H22N2O2/c18-10-13-3-1-4-14(9-13)11-19-7-8-21-12-16(19)15-5-2-6-17(15)20/h1,3-4,9,15-17,20H,2,5-8,11-12H2/t15-,16+,17-/m0/s1. The van der Waals surface area contributed by atoms with Gasteiger partial charge in [0.1, 0.15) is 0 Å². The molecule has 0 bridgehead atoms. The van der Waals surface area contributed by atoms with E-state index in [-0.39, 0.29) is 6.10 Å². The lowest BCUT2D eigenvalue weighted by Gasteiger charge is -2.40. The number of morpholine rings is 1. The smallest absolute Gasteiger partial charge is 0.0991 e. The van der Waals surface area contributed by atoms with E-state index in [1.165, 1.54) is 0 Å². The molecule has 0 aromatic heterocycles. The second-order valence-electron chi connectivity index (χ2n) is 6.09. The number of nitriles is 1. The van der Waals surface area contributed by atoms with Crippen molar-refractivity contribution in [1.82, 2.24) is 4.90 Å². The minimum absolute atomic E-state index is 0.190. The van der Waals surface area contributed by atoms with Gasteiger partial charge < -0.3 is 9.84 Å². The molecule has 1 saturated heterocycles. The van der Waals surface area contributed by atoms with Crippen LogP contribution in [0.2, 0.25) is 0 Å². The zero-order chi connectivity index (χ0) is 14.7. The maximum atomic E-state index is 10.2. The molecule has 2 fully saturated rings. The first kappa shape index (κ1) is 14.5. The van der Waals surface area contributed by atoms with Gasteiger partial charge in [-0.25, -0.2) is 0 Å².